The Morgan fingerprint density at radius 2 is 1.97 bits per heavy atom. The number of Topliss-reactive ketones (excluding diaryl/α,β-unsaturated/α-hetero) is 1. The molecule has 5 aliphatic rings. The summed E-state index contributed by atoms with van der Waals surface area (Å²) < 4.78 is 5.15. The van der Waals surface area contributed by atoms with E-state index in [1.165, 1.54) is 12.0 Å². The van der Waals surface area contributed by atoms with E-state index in [2.05, 4.69) is 27.7 Å². The van der Waals surface area contributed by atoms with Crippen molar-refractivity contribution in [3.05, 3.63) is 11.6 Å². The molecular weight excluding hydrogens is 400 g/mol. The Labute approximate surface area is 192 Å². The molecule has 0 amide bonds. The van der Waals surface area contributed by atoms with E-state index in [9.17, 15) is 14.4 Å². The molecule has 32 heavy (non-hydrogen) atoms. The minimum atomic E-state index is -0.308. The Kier molecular flexibility index (Phi) is 5.08. The molecule has 0 aromatic carbocycles. The fraction of sp³-hybridized carbons (Fsp3) is 0.821. The first-order chi connectivity index (χ1) is 15.1. The average Bonchev–Trinajstić information content (AvgIpc) is 3.47. The van der Waals surface area contributed by atoms with E-state index in [4.69, 9.17) is 4.74 Å². The van der Waals surface area contributed by atoms with Crippen molar-refractivity contribution >= 4 is 17.5 Å². The molecule has 9 atom stereocenters. The third-order valence-electron chi connectivity index (χ3n) is 11.2. The summed E-state index contributed by atoms with van der Waals surface area (Å²) in [5.41, 5.74) is 1.12. The lowest BCUT2D eigenvalue weighted by Gasteiger charge is -2.62. The van der Waals surface area contributed by atoms with E-state index in [1.807, 2.05) is 13.0 Å². The molecule has 4 saturated carbocycles. The van der Waals surface area contributed by atoms with Crippen molar-refractivity contribution in [3.63, 3.8) is 0 Å². The maximum Gasteiger partial charge on any atom is 0.305 e. The molecule has 0 heterocycles. The molecule has 5 rings (SSSR count). The summed E-state index contributed by atoms with van der Waals surface area (Å²) >= 11 is 0. The quantitative estimate of drug-likeness (QED) is 0.527. The molecule has 5 aliphatic carbocycles. The van der Waals surface area contributed by atoms with Gasteiger partial charge in [-0.25, -0.2) is 0 Å². The number of esters is 1. The number of hydrogen-bond donors (Lipinski definition) is 0. The molecule has 4 nitrogen and oxygen atoms in total. The first kappa shape index (κ1) is 22.3. The van der Waals surface area contributed by atoms with Crippen molar-refractivity contribution in [1.82, 2.24) is 0 Å². The molecule has 0 saturated heterocycles. The summed E-state index contributed by atoms with van der Waals surface area (Å²) in [6, 6.07) is 0. The Morgan fingerprint density at radius 3 is 2.69 bits per heavy atom. The highest BCUT2D eigenvalue weighted by Gasteiger charge is 2.74. The van der Waals surface area contributed by atoms with Gasteiger partial charge >= 0.3 is 5.97 Å². The summed E-state index contributed by atoms with van der Waals surface area (Å²) in [4.78, 5) is 38.2. The SMILES string of the molecule is CCOC(=O)CC[C@@H](C)[C@H]1CC[C@@]2(C)[C@@H]3[C@@H]4C[C@@H]4C4=CC(=O)CC[C@]4(C)[C@H]3CC(=O)[C@]12C. The van der Waals surface area contributed by atoms with Crippen LogP contribution in [0.5, 0.6) is 0 Å². The average molecular weight is 441 g/mol. The zero-order valence-electron chi connectivity index (χ0n) is 20.5. The lowest BCUT2D eigenvalue weighted by atomic mass is 9.41. The molecule has 4 heteroatoms. The Morgan fingerprint density at radius 1 is 1.22 bits per heavy atom. The van der Waals surface area contributed by atoms with Crippen molar-refractivity contribution in [2.75, 3.05) is 6.61 Å². The number of ether oxygens (including phenoxy) is 1. The summed E-state index contributed by atoms with van der Waals surface area (Å²) in [6.45, 7) is 11.6. The van der Waals surface area contributed by atoms with Crippen LogP contribution in [0.4, 0.5) is 0 Å². The minimum Gasteiger partial charge on any atom is -0.466 e. The van der Waals surface area contributed by atoms with Gasteiger partial charge in [0, 0.05) is 24.7 Å². The number of allylic oxidation sites excluding steroid dienone is 1. The second kappa shape index (κ2) is 7.27. The molecular formula is C28H40O4. The number of fused-ring (bicyclic) bond motifs is 8. The van der Waals surface area contributed by atoms with Crippen molar-refractivity contribution in [2.45, 2.75) is 86.0 Å². The Balaban J connectivity index is 1.45. The van der Waals surface area contributed by atoms with Gasteiger partial charge < -0.3 is 4.74 Å². The van der Waals surface area contributed by atoms with Crippen LogP contribution in [0, 0.1) is 51.8 Å². The number of carbonyl (C=O) groups is 3. The van der Waals surface area contributed by atoms with Crippen LogP contribution in [0.15, 0.2) is 11.6 Å². The fourth-order valence-corrected chi connectivity index (χ4v) is 9.31. The minimum absolute atomic E-state index is 0.0177. The van der Waals surface area contributed by atoms with E-state index < -0.39 is 0 Å². The smallest absolute Gasteiger partial charge is 0.305 e. The number of rotatable bonds is 5. The maximum absolute atomic E-state index is 14.0. The van der Waals surface area contributed by atoms with E-state index in [1.54, 1.807) is 0 Å². The van der Waals surface area contributed by atoms with Gasteiger partial charge in [0.05, 0.1) is 6.61 Å². The maximum atomic E-state index is 14.0. The highest BCUT2D eigenvalue weighted by atomic mass is 16.5. The zero-order valence-corrected chi connectivity index (χ0v) is 20.5. The van der Waals surface area contributed by atoms with Gasteiger partial charge in [-0.3, -0.25) is 14.4 Å². The van der Waals surface area contributed by atoms with Crippen LogP contribution in [0.2, 0.25) is 0 Å². The zero-order chi connectivity index (χ0) is 23.1. The molecule has 0 bridgehead atoms. The van der Waals surface area contributed by atoms with Crippen LogP contribution in [-0.4, -0.2) is 24.1 Å². The van der Waals surface area contributed by atoms with Gasteiger partial charge in [0.1, 0.15) is 5.78 Å². The Bertz CT molecular complexity index is 888. The lowest BCUT2D eigenvalue weighted by molar-refractivity contribution is -0.164. The van der Waals surface area contributed by atoms with Crippen LogP contribution >= 0.6 is 0 Å². The lowest BCUT2D eigenvalue weighted by Crippen LogP contribution is -2.60. The predicted molar refractivity (Wildman–Crippen MR) is 123 cm³/mol. The van der Waals surface area contributed by atoms with E-state index in [0.717, 1.165) is 25.7 Å². The summed E-state index contributed by atoms with van der Waals surface area (Å²) in [6.07, 6.45) is 8.85. The molecule has 0 aliphatic heterocycles. The van der Waals surface area contributed by atoms with Gasteiger partial charge in [-0.15, -0.1) is 0 Å². The highest BCUT2D eigenvalue weighted by Crippen LogP contribution is 2.78. The molecule has 0 aromatic heterocycles. The number of hydrogen-bond acceptors (Lipinski definition) is 4. The van der Waals surface area contributed by atoms with Crippen LogP contribution in [-0.2, 0) is 19.1 Å². The molecule has 0 unspecified atom stereocenters. The van der Waals surface area contributed by atoms with Gasteiger partial charge in [0.25, 0.3) is 0 Å². The fourth-order valence-electron chi connectivity index (χ4n) is 9.31. The highest BCUT2D eigenvalue weighted by molar-refractivity contribution is 5.92. The molecule has 4 fully saturated rings. The topological polar surface area (TPSA) is 60.4 Å². The van der Waals surface area contributed by atoms with Crippen molar-refractivity contribution < 1.29 is 19.1 Å². The van der Waals surface area contributed by atoms with Crippen LogP contribution in [0.3, 0.4) is 0 Å². The largest absolute Gasteiger partial charge is 0.466 e. The first-order valence-corrected chi connectivity index (χ1v) is 13.0. The summed E-state index contributed by atoms with van der Waals surface area (Å²) in [5.74, 6) is 3.47. The van der Waals surface area contributed by atoms with Gasteiger partial charge in [-0.2, -0.15) is 0 Å². The first-order valence-electron chi connectivity index (χ1n) is 13.0. The Hall–Kier alpha value is -1.45. The third kappa shape index (κ3) is 2.83. The second-order valence-electron chi connectivity index (χ2n) is 12.3. The van der Waals surface area contributed by atoms with Gasteiger partial charge in [0.15, 0.2) is 5.78 Å². The van der Waals surface area contributed by atoms with Gasteiger partial charge in [0.2, 0.25) is 0 Å². The standard InChI is InChI=1S/C28H40O4/c1-6-32-24(31)8-7-16(2)20-10-12-27(4)25-19-14-18(19)21-13-17(29)9-11-26(21,3)22(25)15-23(30)28(20,27)5/h13,16,18-20,22,25H,6-12,14-15H2,1-5H3/t16-,18+,19-,20-,22+,25-,26+,27+,28+/m1/s1. The summed E-state index contributed by atoms with van der Waals surface area (Å²) in [5, 5.41) is 0. The van der Waals surface area contributed by atoms with Crippen molar-refractivity contribution in [3.8, 4) is 0 Å². The summed E-state index contributed by atoms with van der Waals surface area (Å²) in [7, 11) is 0. The van der Waals surface area contributed by atoms with Crippen LogP contribution < -0.4 is 0 Å². The van der Waals surface area contributed by atoms with Gasteiger partial charge in [-0.1, -0.05) is 33.3 Å². The van der Waals surface area contributed by atoms with Gasteiger partial charge in [-0.05, 0) is 91.4 Å². The van der Waals surface area contributed by atoms with E-state index in [-0.39, 0.29) is 28.0 Å². The normalized spacial score (nSPS) is 47.5. The van der Waals surface area contributed by atoms with Crippen molar-refractivity contribution in [1.29, 1.82) is 0 Å². The molecule has 0 N–H and O–H groups in total. The second-order valence-corrected chi connectivity index (χ2v) is 12.3. The molecule has 0 radical (unpaired) electrons. The van der Waals surface area contributed by atoms with Crippen LogP contribution in [0.1, 0.15) is 86.0 Å². The van der Waals surface area contributed by atoms with Crippen molar-refractivity contribution in [2.24, 2.45) is 51.8 Å². The molecule has 176 valence electrons. The van der Waals surface area contributed by atoms with E-state index >= 15 is 0 Å². The number of carbonyl (C=O) groups excluding carboxylic acids is 3. The molecule has 0 aromatic rings. The monoisotopic (exact) mass is 440 g/mol. The van der Waals surface area contributed by atoms with Crippen LogP contribution in [0.25, 0.3) is 0 Å². The number of ketones is 2. The van der Waals surface area contributed by atoms with E-state index in [0.29, 0.717) is 67.2 Å². The predicted octanol–water partition coefficient (Wildman–Crippen LogP) is 5.54. The third-order valence-corrected chi connectivity index (χ3v) is 11.2. The molecule has 0 spiro atoms.